The molecule has 0 saturated heterocycles. The highest BCUT2D eigenvalue weighted by Crippen LogP contribution is 2.21. The maximum absolute atomic E-state index is 5.75. The van der Waals surface area contributed by atoms with E-state index in [9.17, 15) is 0 Å². The van der Waals surface area contributed by atoms with Crippen LogP contribution in [0.25, 0.3) is 10.8 Å². The van der Waals surface area contributed by atoms with Crippen molar-refractivity contribution in [3.05, 3.63) is 102 Å². The lowest BCUT2D eigenvalue weighted by molar-refractivity contribution is 0.120. The van der Waals surface area contributed by atoms with E-state index in [0.717, 1.165) is 34.2 Å². The molecule has 0 heterocycles. The van der Waals surface area contributed by atoms with Gasteiger partial charge in [-0.05, 0) is 82.4 Å². The van der Waals surface area contributed by atoms with Crippen LogP contribution in [0.2, 0.25) is 0 Å². The van der Waals surface area contributed by atoms with E-state index in [1.165, 1.54) is 16.3 Å². The van der Waals surface area contributed by atoms with Gasteiger partial charge in [0, 0.05) is 11.1 Å². The van der Waals surface area contributed by atoms with Crippen molar-refractivity contribution in [3.8, 4) is 23.3 Å². The third kappa shape index (κ3) is 5.40. The zero-order valence-electron chi connectivity index (χ0n) is 16.5. The van der Waals surface area contributed by atoms with Crippen LogP contribution in [0.5, 0.6) is 11.5 Å². The average Bonchev–Trinajstić information content (AvgIpc) is 2.79. The van der Waals surface area contributed by atoms with Crippen molar-refractivity contribution in [2.45, 2.75) is 6.16 Å². The Morgan fingerprint density at radius 2 is 1.20 bits per heavy atom. The minimum atomic E-state index is 0.153. The molecule has 4 heteroatoms. The zero-order valence-corrected chi connectivity index (χ0v) is 18.8. The molecule has 0 radical (unpaired) electrons. The van der Waals surface area contributed by atoms with Gasteiger partial charge in [-0.15, -0.1) is 18.5 Å². The van der Waals surface area contributed by atoms with E-state index in [1.807, 2.05) is 48.5 Å². The molecule has 0 fully saturated rings. The lowest BCUT2D eigenvalue weighted by Gasteiger charge is -2.09. The topological polar surface area (TPSA) is 18.5 Å². The molecular formula is C26H22O2P2. The molecule has 2 unspecified atom stereocenters. The van der Waals surface area contributed by atoms with Crippen molar-refractivity contribution in [1.82, 2.24) is 0 Å². The summed E-state index contributed by atoms with van der Waals surface area (Å²) >= 11 is 0. The molecule has 0 aliphatic carbocycles. The average molecular weight is 428 g/mol. The first kappa shape index (κ1) is 20.4. The van der Waals surface area contributed by atoms with Crippen LogP contribution in [-0.4, -0.2) is 6.79 Å². The number of hydrogen-bond acceptors (Lipinski definition) is 2. The smallest absolute Gasteiger partial charge is 0.230 e. The van der Waals surface area contributed by atoms with Gasteiger partial charge in [-0.2, -0.15) is 0 Å². The molecule has 0 aliphatic heterocycles. The van der Waals surface area contributed by atoms with E-state index in [0.29, 0.717) is 0 Å². The Bertz CT molecular complexity index is 1200. The van der Waals surface area contributed by atoms with Crippen molar-refractivity contribution in [1.29, 1.82) is 0 Å². The lowest BCUT2D eigenvalue weighted by Crippen LogP contribution is -2.05. The van der Waals surface area contributed by atoms with Gasteiger partial charge < -0.3 is 9.47 Å². The van der Waals surface area contributed by atoms with Crippen molar-refractivity contribution in [3.63, 3.8) is 0 Å². The van der Waals surface area contributed by atoms with E-state index in [-0.39, 0.29) is 6.79 Å². The number of rotatable bonds is 5. The van der Waals surface area contributed by atoms with Crippen LogP contribution < -0.4 is 14.8 Å². The molecule has 0 amide bonds. The quantitative estimate of drug-likeness (QED) is 0.236. The fourth-order valence-electron chi connectivity index (χ4n) is 3.00. The Hall–Kier alpha value is -2.84. The maximum atomic E-state index is 5.75. The van der Waals surface area contributed by atoms with Gasteiger partial charge >= 0.3 is 0 Å². The van der Waals surface area contributed by atoms with Gasteiger partial charge in [0.1, 0.15) is 11.5 Å². The summed E-state index contributed by atoms with van der Waals surface area (Å²) in [6.45, 7) is 0.153. The summed E-state index contributed by atoms with van der Waals surface area (Å²) in [5, 5.41) is 3.50. The monoisotopic (exact) mass is 428 g/mol. The second-order valence-electron chi connectivity index (χ2n) is 6.85. The Labute approximate surface area is 182 Å². The molecular weight excluding hydrogens is 406 g/mol. The molecule has 2 atom stereocenters. The predicted molar refractivity (Wildman–Crippen MR) is 132 cm³/mol. The van der Waals surface area contributed by atoms with Gasteiger partial charge in [0.2, 0.25) is 6.79 Å². The van der Waals surface area contributed by atoms with E-state index in [2.05, 4.69) is 66.7 Å². The molecule has 0 aliphatic rings. The highest BCUT2D eigenvalue weighted by molar-refractivity contribution is 7.27. The molecule has 0 N–H and O–H groups in total. The second kappa shape index (κ2) is 9.77. The van der Waals surface area contributed by atoms with Crippen molar-refractivity contribution < 1.29 is 9.47 Å². The molecule has 148 valence electrons. The number of ether oxygens (including phenoxy) is 2. The standard InChI is InChI=1S/C26H22O2P2/c29-17-21-5-3-19(4-6-21)1-2-20-7-11-24(12-8-20)27-18-28-25-13-9-23-16-26(30)14-10-22(23)15-25/h3-16H,17-18,29-30H2. The van der Waals surface area contributed by atoms with Crippen LogP contribution >= 0.6 is 18.5 Å². The first-order valence-corrected chi connectivity index (χ1v) is 11.0. The normalized spacial score (nSPS) is 10.3. The van der Waals surface area contributed by atoms with Gasteiger partial charge in [-0.1, -0.05) is 42.2 Å². The summed E-state index contributed by atoms with van der Waals surface area (Å²) in [4.78, 5) is 0. The van der Waals surface area contributed by atoms with Crippen LogP contribution in [0, 0.1) is 11.8 Å². The van der Waals surface area contributed by atoms with Gasteiger partial charge in [-0.25, -0.2) is 0 Å². The van der Waals surface area contributed by atoms with Crippen molar-refractivity contribution in [2.75, 3.05) is 6.79 Å². The summed E-state index contributed by atoms with van der Waals surface area (Å²) in [7, 11) is 5.44. The Balaban J connectivity index is 1.32. The van der Waals surface area contributed by atoms with E-state index < -0.39 is 0 Å². The molecule has 0 aromatic heterocycles. The van der Waals surface area contributed by atoms with Crippen molar-refractivity contribution in [2.24, 2.45) is 0 Å². The van der Waals surface area contributed by atoms with Crippen molar-refractivity contribution >= 4 is 34.6 Å². The fourth-order valence-corrected chi connectivity index (χ4v) is 3.55. The number of fused-ring (bicyclic) bond motifs is 1. The van der Waals surface area contributed by atoms with Gasteiger partial charge in [0.05, 0.1) is 0 Å². The summed E-state index contributed by atoms with van der Waals surface area (Å²) in [6, 6.07) is 28.3. The summed E-state index contributed by atoms with van der Waals surface area (Å²) in [6.07, 6.45) is 0.957. The van der Waals surface area contributed by atoms with Gasteiger partial charge in [0.25, 0.3) is 0 Å². The largest absolute Gasteiger partial charge is 0.458 e. The van der Waals surface area contributed by atoms with Crippen LogP contribution in [0.1, 0.15) is 16.7 Å². The van der Waals surface area contributed by atoms with Crippen LogP contribution in [0.15, 0.2) is 84.9 Å². The Kier molecular flexibility index (Phi) is 6.66. The van der Waals surface area contributed by atoms with E-state index >= 15 is 0 Å². The highest BCUT2D eigenvalue weighted by atomic mass is 31.0. The Morgan fingerprint density at radius 1 is 0.633 bits per heavy atom. The van der Waals surface area contributed by atoms with E-state index in [4.69, 9.17) is 9.47 Å². The van der Waals surface area contributed by atoms with Crippen LogP contribution in [0.3, 0.4) is 0 Å². The highest BCUT2D eigenvalue weighted by Gasteiger charge is 2.00. The third-order valence-electron chi connectivity index (χ3n) is 4.68. The number of benzene rings is 4. The molecule has 0 bridgehead atoms. The van der Waals surface area contributed by atoms with E-state index in [1.54, 1.807) is 0 Å². The lowest BCUT2D eigenvalue weighted by atomic mass is 10.1. The minimum absolute atomic E-state index is 0.153. The molecule has 4 aromatic rings. The van der Waals surface area contributed by atoms with Gasteiger partial charge in [0.15, 0.2) is 0 Å². The molecule has 30 heavy (non-hydrogen) atoms. The maximum Gasteiger partial charge on any atom is 0.230 e. The zero-order chi connectivity index (χ0) is 20.8. The fraction of sp³-hybridized carbons (Fsp3) is 0.0769. The first-order chi connectivity index (χ1) is 14.7. The third-order valence-corrected chi connectivity index (χ3v) is 5.51. The minimum Gasteiger partial charge on any atom is -0.458 e. The van der Waals surface area contributed by atoms with Gasteiger partial charge in [-0.3, -0.25) is 0 Å². The molecule has 0 saturated carbocycles. The van der Waals surface area contributed by atoms with Crippen LogP contribution in [0.4, 0.5) is 0 Å². The summed E-state index contributed by atoms with van der Waals surface area (Å²) < 4.78 is 11.5. The molecule has 4 aromatic carbocycles. The Morgan fingerprint density at radius 3 is 1.90 bits per heavy atom. The SMILES string of the molecule is PCc1ccc(C#Cc2ccc(OCOc3ccc4cc(P)ccc4c3)cc2)cc1. The molecule has 2 nitrogen and oxygen atoms in total. The summed E-state index contributed by atoms with van der Waals surface area (Å²) in [5.41, 5.74) is 3.24. The molecule has 4 rings (SSSR count). The molecule has 0 spiro atoms. The number of hydrogen-bond donors (Lipinski definition) is 0. The predicted octanol–water partition coefficient (Wildman–Crippen LogP) is 5.53. The summed E-state index contributed by atoms with van der Waals surface area (Å²) in [5.74, 6) is 7.91. The van der Waals surface area contributed by atoms with Crippen LogP contribution in [-0.2, 0) is 6.16 Å². The first-order valence-electron chi connectivity index (χ1n) is 9.65. The second-order valence-corrected chi connectivity index (χ2v) is 7.93.